The molecule has 1 heterocycles. The molecule has 18 heavy (non-hydrogen) atoms. The van der Waals surface area contributed by atoms with Crippen LogP contribution in [0.4, 0.5) is 0 Å². The fourth-order valence-electron chi connectivity index (χ4n) is 3.36. The lowest BCUT2D eigenvalue weighted by Gasteiger charge is -2.31. The Balaban J connectivity index is 1.48. The first kappa shape index (κ1) is 14.3. The summed E-state index contributed by atoms with van der Waals surface area (Å²) in [6.07, 6.45) is 9.83. The van der Waals surface area contributed by atoms with Gasteiger partial charge in [0, 0.05) is 6.04 Å². The fraction of sp³-hybridized carbons (Fsp3) is 1.00. The van der Waals surface area contributed by atoms with Crippen LogP contribution in [-0.4, -0.2) is 37.1 Å². The van der Waals surface area contributed by atoms with E-state index in [0.29, 0.717) is 0 Å². The van der Waals surface area contributed by atoms with E-state index in [1.165, 1.54) is 71.1 Å². The maximum Gasteiger partial charge on any atom is 0.00672 e. The van der Waals surface area contributed by atoms with Crippen LogP contribution in [0.5, 0.6) is 0 Å². The summed E-state index contributed by atoms with van der Waals surface area (Å²) in [4.78, 5) is 2.66. The minimum atomic E-state index is 0.822. The van der Waals surface area contributed by atoms with E-state index < -0.39 is 0 Å². The summed E-state index contributed by atoms with van der Waals surface area (Å²) in [6, 6.07) is 0.822. The summed E-state index contributed by atoms with van der Waals surface area (Å²) in [5.41, 5.74) is 0. The van der Waals surface area contributed by atoms with Gasteiger partial charge in [-0.2, -0.15) is 0 Å². The van der Waals surface area contributed by atoms with Crippen molar-refractivity contribution >= 4 is 0 Å². The molecule has 106 valence electrons. The molecule has 1 N–H and O–H groups in total. The summed E-state index contributed by atoms with van der Waals surface area (Å²) in [5.74, 6) is 1.93. The van der Waals surface area contributed by atoms with Gasteiger partial charge in [-0.05, 0) is 83.0 Å². The zero-order valence-corrected chi connectivity index (χ0v) is 12.5. The molecule has 0 spiro atoms. The number of likely N-dealkylation sites (tertiary alicyclic amines) is 1. The van der Waals surface area contributed by atoms with Crippen LogP contribution in [0, 0.1) is 11.8 Å². The number of piperidine rings is 1. The van der Waals surface area contributed by atoms with Gasteiger partial charge < -0.3 is 10.2 Å². The van der Waals surface area contributed by atoms with Gasteiger partial charge in [-0.25, -0.2) is 0 Å². The molecule has 1 aliphatic carbocycles. The number of nitrogens with zero attached hydrogens (tertiary/aromatic N) is 1. The number of hydrogen-bond donors (Lipinski definition) is 1. The van der Waals surface area contributed by atoms with Gasteiger partial charge in [0.05, 0.1) is 0 Å². The Bertz CT molecular complexity index is 189. The molecule has 2 heteroatoms. The molecule has 0 unspecified atom stereocenters. The lowest BCUT2D eigenvalue weighted by atomic mass is 9.87. The van der Waals surface area contributed by atoms with Crippen LogP contribution in [-0.2, 0) is 0 Å². The fourth-order valence-corrected chi connectivity index (χ4v) is 3.36. The zero-order valence-electron chi connectivity index (χ0n) is 12.5. The topological polar surface area (TPSA) is 15.3 Å². The van der Waals surface area contributed by atoms with Crippen molar-refractivity contribution in [2.75, 3.05) is 26.2 Å². The molecular weight excluding hydrogens is 220 g/mol. The second-order valence-electron chi connectivity index (χ2n) is 6.79. The van der Waals surface area contributed by atoms with Gasteiger partial charge in [-0.3, -0.25) is 0 Å². The molecule has 0 atom stereocenters. The van der Waals surface area contributed by atoms with Crippen molar-refractivity contribution in [3.63, 3.8) is 0 Å². The third-order valence-corrected chi connectivity index (χ3v) is 4.98. The van der Waals surface area contributed by atoms with Gasteiger partial charge in [-0.1, -0.05) is 13.8 Å². The lowest BCUT2D eigenvalue weighted by Crippen LogP contribution is -2.37. The van der Waals surface area contributed by atoms with E-state index in [2.05, 4.69) is 24.1 Å². The van der Waals surface area contributed by atoms with Crippen molar-refractivity contribution in [2.45, 2.75) is 64.8 Å². The second-order valence-corrected chi connectivity index (χ2v) is 6.79. The Morgan fingerprint density at radius 1 is 0.889 bits per heavy atom. The van der Waals surface area contributed by atoms with Crippen molar-refractivity contribution in [2.24, 2.45) is 11.8 Å². The Labute approximate surface area is 114 Å². The number of nitrogens with one attached hydrogen (secondary N) is 1. The molecule has 1 saturated carbocycles. The molecule has 2 aliphatic rings. The van der Waals surface area contributed by atoms with Crippen molar-refractivity contribution in [3.05, 3.63) is 0 Å². The third kappa shape index (κ3) is 4.89. The average molecular weight is 252 g/mol. The SMILES string of the molecule is CC1CCC(NCCCN2CCC(C)CC2)CC1. The minimum absolute atomic E-state index is 0.822. The summed E-state index contributed by atoms with van der Waals surface area (Å²) < 4.78 is 0. The molecule has 0 aromatic rings. The largest absolute Gasteiger partial charge is 0.314 e. The smallest absolute Gasteiger partial charge is 0.00672 e. The predicted octanol–water partition coefficient (Wildman–Crippen LogP) is 3.28. The van der Waals surface area contributed by atoms with Crippen LogP contribution in [0.25, 0.3) is 0 Å². The van der Waals surface area contributed by atoms with Gasteiger partial charge in [0.25, 0.3) is 0 Å². The van der Waals surface area contributed by atoms with Crippen molar-refractivity contribution < 1.29 is 0 Å². The maximum absolute atomic E-state index is 3.76. The monoisotopic (exact) mass is 252 g/mol. The molecule has 2 nitrogen and oxygen atoms in total. The zero-order chi connectivity index (χ0) is 12.8. The van der Waals surface area contributed by atoms with Crippen molar-refractivity contribution in [1.29, 1.82) is 0 Å². The molecule has 0 aromatic heterocycles. The van der Waals surface area contributed by atoms with Crippen LogP contribution in [0.1, 0.15) is 58.8 Å². The summed E-state index contributed by atoms with van der Waals surface area (Å²) >= 11 is 0. The van der Waals surface area contributed by atoms with E-state index in [-0.39, 0.29) is 0 Å². The Morgan fingerprint density at radius 3 is 2.17 bits per heavy atom. The lowest BCUT2D eigenvalue weighted by molar-refractivity contribution is 0.188. The Hall–Kier alpha value is -0.0800. The highest BCUT2D eigenvalue weighted by molar-refractivity contribution is 4.75. The Kier molecular flexibility index (Phi) is 5.97. The van der Waals surface area contributed by atoms with Crippen LogP contribution >= 0.6 is 0 Å². The van der Waals surface area contributed by atoms with Gasteiger partial charge in [-0.15, -0.1) is 0 Å². The molecule has 2 fully saturated rings. The van der Waals surface area contributed by atoms with E-state index in [0.717, 1.165) is 17.9 Å². The molecular formula is C16H32N2. The van der Waals surface area contributed by atoms with Gasteiger partial charge >= 0.3 is 0 Å². The van der Waals surface area contributed by atoms with Crippen LogP contribution in [0.3, 0.4) is 0 Å². The molecule has 0 radical (unpaired) electrons. The van der Waals surface area contributed by atoms with E-state index in [1.807, 2.05) is 0 Å². The quantitative estimate of drug-likeness (QED) is 0.755. The maximum atomic E-state index is 3.76. The van der Waals surface area contributed by atoms with E-state index in [9.17, 15) is 0 Å². The number of rotatable bonds is 5. The third-order valence-electron chi connectivity index (χ3n) is 4.98. The van der Waals surface area contributed by atoms with E-state index in [4.69, 9.17) is 0 Å². The molecule has 2 rings (SSSR count). The molecule has 1 saturated heterocycles. The molecule has 0 bridgehead atoms. The highest BCUT2D eigenvalue weighted by Gasteiger charge is 2.18. The highest BCUT2D eigenvalue weighted by Crippen LogP contribution is 2.23. The standard InChI is InChI=1S/C16H32N2/c1-14-4-6-16(7-5-14)17-10-3-11-18-12-8-15(2)9-13-18/h14-17H,3-13H2,1-2H3. The first-order chi connectivity index (χ1) is 8.74. The number of hydrogen-bond acceptors (Lipinski definition) is 2. The van der Waals surface area contributed by atoms with E-state index >= 15 is 0 Å². The molecule has 1 aliphatic heterocycles. The minimum Gasteiger partial charge on any atom is -0.314 e. The van der Waals surface area contributed by atoms with Crippen LogP contribution in [0.2, 0.25) is 0 Å². The first-order valence-electron chi connectivity index (χ1n) is 8.20. The predicted molar refractivity (Wildman–Crippen MR) is 78.9 cm³/mol. The van der Waals surface area contributed by atoms with Gasteiger partial charge in [0.2, 0.25) is 0 Å². The highest BCUT2D eigenvalue weighted by atomic mass is 15.1. The van der Waals surface area contributed by atoms with E-state index in [1.54, 1.807) is 0 Å². The van der Waals surface area contributed by atoms with Crippen molar-refractivity contribution in [3.8, 4) is 0 Å². The normalized spacial score (nSPS) is 31.7. The molecule has 0 amide bonds. The van der Waals surface area contributed by atoms with Crippen LogP contribution < -0.4 is 5.32 Å². The first-order valence-corrected chi connectivity index (χ1v) is 8.20. The summed E-state index contributed by atoms with van der Waals surface area (Å²) in [7, 11) is 0. The summed E-state index contributed by atoms with van der Waals surface area (Å²) in [6.45, 7) is 9.99. The molecule has 0 aromatic carbocycles. The van der Waals surface area contributed by atoms with Crippen LogP contribution in [0.15, 0.2) is 0 Å². The average Bonchev–Trinajstić information content (AvgIpc) is 2.39. The van der Waals surface area contributed by atoms with Crippen molar-refractivity contribution in [1.82, 2.24) is 10.2 Å². The second kappa shape index (κ2) is 7.49. The summed E-state index contributed by atoms with van der Waals surface area (Å²) in [5, 5.41) is 3.76. The van der Waals surface area contributed by atoms with Gasteiger partial charge in [0.1, 0.15) is 0 Å². The van der Waals surface area contributed by atoms with Gasteiger partial charge in [0.15, 0.2) is 0 Å². The Morgan fingerprint density at radius 2 is 1.50 bits per heavy atom.